The van der Waals surface area contributed by atoms with Gasteiger partial charge in [0.15, 0.2) is 0 Å². The zero-order valence-corrected chi connectivity index (χ0v) is 9.56. The molecule has 92 valence electrons. The van der Waals surface area contributed by atoms with E-state index < -0.39 is 12.0 Å². The zero-order chi connectivity index (χ0) is 13.1. The summed E-state index contributed by atoms with van der Waals surface area (Å²) in [5.41, 5.74) is 0.905. The molecule has 2 aromatic rings. The van der Waals surface area contributed by atoms with Crippen molar-refractivity contribution >= 4 is 17.8 Å². The fraction of sp³-hybridized carbons (Fsp3) is 0. The van der Waals surface area contributed by atoms with Crippen LogP contribution in [0.15, 0.2) is 30.6 Å². The highest BCUT2D eigenvalue weighted by molar-refractivity contribution is 6.31. The number of aromatic nitrogens is 2. The molecule has 18 heavy (non-hydrogen) atoms. The molecule has 1 N–H and O–H groups in total. The van der Waals surface area contributed by atoms with Gasteiger partial charge in [0.25, 0.3) is 0 Å². The molecule has 0 aliphatic heterocycles. The molecule has 1 heterocycles. The number of carbonyl (C=O) groups is 1. The highest BCUT2D eigenvalue weighted by Crippen LogP contribution is 2.24. The Labute approximate surface area is 106 Å². The molecule has 0 aliphatic carbocycles. The molecule has 0 aliphatic rings. The maximum Gasteiger partial charge on any atom is 0.512 e. The molecule has 0 spiro atoms. The molecule has 0 fully saturated rings. The number of carboxylic acid groups (broad SMARTS) is 1. The largest absolute Gasteiger partial charge is 0.512 e. The SMILES string of the molecule is O=C(O)Oc1cc(-c2ccc(F)c(Cl)c2)ncn1. The number of rotatable bonds is 2. The van der Waals surface area contributed by atoms with E-state index in [1.807, 2.05) is 0 Å². The molecule has 1 aromatic carbocycles. The topological polar surface area (TPSA) is 72.3 Å². The zero-order valence-electron chi connectivity index (χ0n) is 8.80. The Morgan fingerprint density at radius 3 is 2.78 bits per heavy atom. The lowest BCUT2D eigenvalue weighted by molar-refractivity contribution is 0.142. The third kappa shape index (κ3) is 2.72. The van der Waals surface area contributed by atoms with E-state index in [-0.39, 0.29) is 10.9 Å². The van der Waals surface area contributed by atoms with Crippen molar-refractivity contribution in [3.63, 3.8) is 0 Å². The lowest BCUT2D eigenvalue weighted by Gasteiger charge is -2.03. The van der Waals surface area contributed by atoms with E-state index in [0.29, 0.717) is 11.3 Å². The van der Waals surface area contributed by atoms with Gasteiger partial charge in [0.05, 0.1) is 10.7 Å². The Balaban J connectivity index is 2.38. The minimum absolute atomic E-state index is 0.0492. The standard InChI is InChI=1S/C11H6ClFN2O3/c12-7-3-6(1-2-8(7)13)9-4-10(15-5-14-9)18-11(16)17/h1-5H,(H,16,17). The summed E-state index contributed by atoms with van der Waals surface area (Å²) in [6.07, 6.45) is -0.331. The first-order valence-corrected chi connectivity index (χ1v) is 5.12. The van der Waals surface area contributed by atoms with Crippen molar-refractivity contribution in [2.75, 3.05) is 0 Å². The van der Waals surface area contributed by atoms with Crippen molar-refractivity contribution in [1.82, 2.24) is 9.97 Å². The minimum Gasteiger partial charge on any atom is -0.449 e. The normalized spacial score (nSPS) is 10.1. The van der Waals surface area contributed by atoms with Crippen LogP contribution in [0.5, 0.6) is 5.88 Å². The van der Waals surface area contributed by atoms with E-state index >= 15 is 0 Å². The van der Waals surface area contributed by atoms with E-state index in [4.69, 9.17) is 16.7 Å². The lowest BCUT2D eigenvalue weighted by Crippen LogP contribution is -2.04. The fourth-order valence-electron chi connectivity index (χ4n) is 1.30. The van der Waals surface area contributed by atoms with Gasteiger partial charge in [-0.05, 0) is 18.2 Å². The van der Waals surface area contributed by atoms with Gasteiger partial charge in [-0.2, -0.15) is 0 Å². The van der Waals surface area contributed by atoms with Crippen LogP contribution in [0.4, 0.5) is 9.18 Å². The summed E-state index contributed by atoms with van der Waals surface area (Å²) in [5, 5.41) is 8.41. The molecule has 0 bridgehead atoms. The summed E-state index contributed by atoms with van der Waals surface area (Å²) in [6.45, 7) is 0. The van der Waals surface area contributed by atoms with Crippen LogP contribution in [0.1, 0.15) is 0 Å². The van der Waals surface area contributed by atoms with Gasteiger partial charge >= 0.3 is 6.16 Å². The third-order valence-corrected chi connectivity index (χ3v) is 2.34. The van der Waals surface area contributed by atoms with Crippen molar-refractivity contribution in [1.29, 1.82) is 0 Å². The number of halogens is 2. The number of nitrogens with zero attached hydrogens (tertiary/aromatic N) is 2. The third-order valence-electron chi connectivity index (χ3n) is 2.05. The average Bonchev–Trinajstić information content (AvgIpc) is 2.32. The highest BCUT2D eigenvalue weighted by atomic mass is 35.5. The first-order chi connectivity index (χ1) is 8.56. The number of ether oxygens (including phenoxy) is 1. The van der Waals surface area contributed by atoms with Gasteiger partial charge in [-0.3, -0.25) is 0 Å². The minimum atomic E-state index is -1.48. The van der Waals surface area contributed by atoms with Crippen molar-refractivity contribution in [3.05, 3.63) is 41.4 Å². The molecule has 7 heteroatoms. The average molecular weight is 269 g/mol. The number of benzene rings is 1. The molecule has 0 amide bonds. The molecule has 1 aromatic heterocycles. The summed E-state index contributed by atoms with van der Waals surface area (Å²) in [4.78, 5) is 17.9. The van der Waals surface area contributed by atoms with Gasteiger partial charge in [-0.15, -0.1) is 0 Å². The van der Waals surface area contributed by atoms with Gasteiger partial charge < -0.3 is 9.84 Å². The summed E-state index contributed by atoms with van der Waals surface area (Å²) in [7, 11) is 0. The first kappa shape index (κ1) is 12.3. The Morgan fingerprint density at radius 2 is 2.11 bits per heavy atom. The predicted octanol–water partition coefficient (Wildman–Crippen LogP) is 2.99. The number of hydrogen-bond donors (Lipinski definition) is 1. The van der Waals surface area contributed by atoms with E-state index in [1.165, 1.54) is 24.3 Å². The van der Waals surface area contributed by atoms with Crippen molar-refractivity contribution in [2.24, 2.45) is 0 Å². The van der Waals surface area contributed by atoms with E-state index in [1.54, 1.807) is 0 Å². The first-order valence-electron chi connectivity index (χ1n) is 4.74. The van der Waals surface area contributed by atoms with Gasteiger partial charge in [-0.25, -0.2) is 19.2 Å². The summed E-state index contributed by atoms with van der Waals surface area (Å²) < 4.78 is 17.4. The molecular weight excluding hydrogens is 263 g/mol. The van der Waals surface area contributed by atoms with Crippen molar-refractivity contribution in [2.45, 2.75) is 0 Å². The maximum absolute atomic E-state index is 13.0. The van der Waals surface area contributed by atoms with Gasteiger partial charge in [0.2, 0.25) is 5.88 Å². The Bertz CT molecular complexity index is 607. The molecule has 0 radical (unpaired) electrons. The van der Waals surface area contributed by atoms with Crippen LogP contribution in [0.2, 0.25) is 5.02 Å². The highest BCUT2D eigenvalue weighted by Gasteiger charge is 2.08. The van der Waals surface area contributed by atoms with Crippen LogP contribution in [0.3, 0.4) is 0 Å². The van der Waals surface area contributed by atoms with E-state index in [2.05, 4.69) is 14.7 Å². The molecule has 2 rings (SSSR count). The Hall–Kier alpha value is -2.21. The maximum atomic E-state index is 13.0. The second kappa shape index (κ2) is 4.97. The van der Waals surface area contributed by atoms with Crippen LogP contribution in [0, 0.1) is 5.82 Å². The van der Waals surface area contributed by atoms with Gasteiger partial charge in [-0.1, -0.05) is 11.6 Å². The summed E-state index contributed by atoms with van der Waals surface area (Å²) in [6, 6.07) is 5.35. The molecular formula is C11H6ClFN2O3. The second-order valence-corrected chi connectivity index (χ2v) is 3.65. The number of hydrogen-bond acceptors (Lipinski definition) is 4. The molecule has 0 atom stereocenters. The van der Waals surface area contributed by atoms with Crippen LogP contribution < -0.4 is 4.74 Å². The van der Waals surface area contributed by atoms with Crippen LogP contribution >= 0.6 is 11.6 Å². The van der Waals surface area contributed by atoms with E-state index in [0.717, 1.165) is 6.33 Å². The monoisotopic (exact) mass is 268 g/mol. The van der Waals surface area contributed by atoms with Gasteiger partial charge in [0, 0.05) is 11.6 Å². The smallest absolute Gasteiger partial charge is 0.449 e. The summed E-state index contributed by atoms with van der Waals surface area (Å²) >= 11 is 5.64. The second-order valence-electron chi connectivity index (χ2n) is 3.24. The van der Waals surface area contributed by atoms with Crippen molar-refractivity contribution < 1.29 is 19.0 Å². The van der Waals surface area contributed by atoms with Crippen LogP contribution in [-0.2, 0) is 0 Å². The van der Waals surface area contributed by atoms with Crippen LogP contribution in [-0.4, -0.2) is 21.2 Å². The fourth-order valence-corrected chi connectivity index (χ4v) is 1.48. The molecule has 5 nitrogen and oxygen atoms in total. The molecule has 0 saturated carbocycles. The quantitative estimate of drug-likeness (QED) is 0.848. The predicted molar refractivity (Wildman–Crippen MR) is 61.1 cm³/mol. The summed E-state index contributed by atoms with van der Waals surface area (Å²) in [5.74, 6) is -0.663. The lowest BCUT2D eigenvalue weighted by atomic mass is 10.1. The Morgan fingerprint density at radius 1 is 1.33 bits per heavy atom. The van der Waals surface area contributed by atoms with Crippen LogP contribution in [0.25, 0.3) is 11.3 Å². The molecule has 0 saturated heterocycles. The van der Waals surface area contributed by atoms with E-state index in [9.17, 15) is 9.18 Å². The molecule has 0 unspecified atom stereocenters. The van der Waals surface area contributed by atoms with Crippen molar-refractivity contribution in [3.8, 4) is 17.1 Å². The Kier molecular flexibility index (Phi) is 3.38. The van der Waals surface area contributed by atoms with Gasteiger partial charge in [0.1, 0.15) is 12.1 Å².